The molecule has 8 nitrogen and oxygen atoms in total. The van der Waals surface area contributed by atoms with E-state index in [9.17, 15) is 10.4 Å². The number of fused-ring (bicyclic) bond motifs is 3. The second kappa shape index (κ2) is 9.89. The third-order valence-electron chi connectivity index (χ3n) is 9.18. The second-order valence-electron chi connectivity index (χ2n) is 12.1. The molecule has 7 rings (SSSR count). The summed E-state index contributed by atoms with van der Waals surface area (Å²) in [5.41, 5.74) is 0.355. The molecule has 9 heteroatoms. The van der Waals surface area contributed by atoms with Gasteiger partial charge < -0.3 is 14.7 Å². The van der Waals surface area contributed by atoms with E-state index in [1.165, 1.54) is 0 Å². The number of hydrogen-bond acceptors (Lipinski definition) is 8. The van der Waals surface area contributed by atoms with Crippen molar-refractivity contribution in [3.05, 3.63) is 54.0 Å². The lowest BCUT2D eigenvalue weighted by Crippen LogP contribution is -2.46. The molecule has 41 heavy (non-hydrogen) atoms. The molecular weight excluding hydrogens is 519 g/mol. The molecule has 1 N–H and O–H groups in total. The van der Waals surface area contributed by atoms with Gasteiger partial charge in [-0.3, -0.25) is 9.88 Å². The number of benzene rings is 2. The first-order valence-corrected chi connectivity index (χ1v) is 14.5. The highest BCUT2D eigenvalue weighted by Gasteiger charge is 2.45. The lowest BCUT2D eigenvalue weighted by molar-refractivity contribution is 0.0447. The van der Waals surface area contributed by atoms with Crippen molar-refractivity contribution in [1.29, 1.82) is 5.26 Å². The molecule has 0 saturated carbocycles. The molecule has 0 radical (unpaired) electrons. The summed E-state index contributed by atoms with van der Waals surface area (Å²) in [5, 5.41) is 22.6. The van der Waals surface area contributed by atoms with Gasteiger partial charge in [-0.1, -0.05) is 30.3 Å². The minimum Gasteiger partial charge on any atom is -0.461 e. The van der Waals surface area contributed by atoms with Gasteiger partial charge in [0.05, 0.1) is 28.2 Å². The second-order valence-corrected chi connectivity index (χ2v) is 12.1. The molecule has 0 spiro atoms. The van der Waals surface area contributed by atoms with Crippen LogP contribution in [0.5, 0.6) is 6.01 Å². The fraction of sp³-hybridized carbons (Fsp3) is 0.438. The Balaban J connectivity index is 1.37. The number of β-amino-alcohol motifs (C(OH)–C–C–N with tert-alkyl or cyclic N) is 1. The molecule has 1 unspecified atom stereocenters. The number of nitrogens with zero attached hydrogens (tertiary/aromatic N) is 6. The van der Waals surface area contributed by atoms with Crippen LogP contribution in [0, 0.1) is 17.1 Å². The molecule has 0 bridgehead atoms. The summed E-state index contributed by atoms with van der Waals surface area (Å²) in [6.07, 6.45) is 7.53. The third kappa shape index (κ3) is 4.46. The van der Waals surface area contributed by atoms with Crippen LogP contribution in [0.4, 0.5) is 10.2 Å². The van der Waals surface area contributed by atoms with E-state index in [4.69, 9.17) is 9.72 Å². The fourth-order valence-electron chi connectivity index (χ4n) is 7.21. The maximum Gasteiger partial charge on any atom is 0.319 e. The summed E-state index contributed by atoms with van der Waals surface area (Å²) in [6, 6.07) is 13.4. The highest BCUT2D eigenvalue weighted by atomic mass is 19.1. The first-order valence-electron chi connectivity index (χ1n) is 14.5. The van der Waals surface area contributed by atoms with Gasteiger partial charge in [0.15, 0.2) is 5.82 Å². The van der Waals surface area contributed by atoms with E-state index in [1.807, 2.05) is 36.1 Å². The lowest BCUT2D eigenvalue weighted by atomic mass is 9.95. The van der Waals surface area contributed by atoms with Crippen LogP contribution in [0.1, 0.15) is 51.0 Å². The van der Waals surface area contributed by atoms with Gasteiger partial charge in [0, 0.05) is 30.2 Å². The van der Waals surface area contributed by atoms with E-state index >= 15 is 4.39 Å². The highest BCUT2D eigenvalue weighted by Crippen LogP contribution is 2.40. The van der Waals surface area contributed by atoms with Gasteiger partial charge >= 0.3 is 6.01 Å². The van der Waals surface area contributed by atoms with Crippen molar-refractivity contribution >= 4 is 27.5 Å². The minimum atomic E-state index is -0.883. The molecule has 4 aromatic rings. The molecule has 3 saturated heterocycles. The van der Waals surface area contributed by atoms with Crippen molar-refractivity contribution in [2.45, 2.75) is 56.6 Å². The van der Waals surface area contributed by atoms with Gasteiger partial charge in [0.25, 0.3) is 0 Å². The summed E-state index contributed by atoms with van der Waals surface area (Å²) in [7, 11) is 0. The highest BCUT2D eigenvalue weighted by molar-refractivity contribution is 6.01. The van der Waals surface area contributed by atoms with E-state index in [-0.39, 0.29) is 22.8 Å². The quantitative estimate of drug-likeness (QED) is 0.360. The van der Waals surface area contributed by atoms with Crippen LogP contribution < -0.4 is 9.64 Å². The van der Waals surface area contributed by atoms with Gasteiger partial charge in [-0.2, -0.15) is 15.2 Å². The van der Waals surface area contributed by atoms with E-state index in [2.05, 4.69) is 20.9 Å². The Labute approximate surface area is 238 Å². The van der Waals surface area contributed by atoms with Gasteiger partial charge in [-0.15, -0.1) is 0 Å². The summed E-state index contributed by atoms with van der Waals surface area (Å²) < 4.78 is 22.9. The van der Waals surface area contributed by atoms with Crippen LogP contribution in [-0.4, -0.2) is 68.9 Å². The normalized spacial score (nSPS) is 22.2. The topological polar surface area (TPSA) is 98.4 Å². The van der Waals surface area contributed by atoms with Crippen LogP contribution in [0.3, 0.4) is 0 Å². The predicted octanol–water partition coefficient (Wildman–Crippen LogP) is 5.21. The largest absolute Gasteiger partial charge is 0.461 e. The number of halogens is 1. The maximum atomic E-state index is 16.6. The SMILES string of the molecule is CC1(O)CCCN(c2nc(OCC34CCCN3CCC4)nc3c(F)c(-c4cccc5cccc(C#N)c45)ncc23)C1. The Bertz CT molecular complexity index is 1680. The standard InChI is InChI=1S/C32H33FN6O2/c1-31(40)11-4-14-38(19-31)29-24-18-35-27(23-10-3-8-21-7-2-9-22(17-34)25(21)23)26(33)28(24)36-30(37-29)41-20-32-12-5-15-39(32)16-6-13-32/h2-3,7-10,18,40H,4-6,11-16,19-20H2,1H3. The third-order valence-corrected chi connectivity index (χ3v) is 9.18. The predicted molar refractivity (Wildman–Crippen MR) is 155 cm³/mol. The van der Waals surface area contributed by atoms with Crippen LogP contribution in [-0.2, 0) is 0 Å². The fourth-order valence-corrected chi connectivity index (χ4v) is 7.21. The van der Waals surface area contributed by atoms with Gasteiger partial charge in [-0.25, -0.2) is 4.39 Å². The minimum absolute atomic E-state index is 0.00806. The average molecular weight is 553 g/mol. The molecular formula is C32H33FN6O2. The number of rotatable bonds is 5. The number of aliphatic hydroxyl groups is 1. The van der Waals surface area contributed by atoms with Crippen LogP contribution >= 0.6 is 0 Å². The average Bonchev–Trinajstić information content (AvgIpc) is 3.56. The number of nitriles is 1. The van der Waals surface area contributed by atoms with Gasteiger partial charge in [0.1, 0.15) is 23.6 Å². The van der Waals surface area contributed by atoms with Crippen LogP contribution in [0.25, 0.3) is 32.9 Å². The monoisotopic (exact) mass is 552 g/mol. The summed E-state index contributed by atoms with van der Waals surface area (Å²) in [4.78, 5) is 18.5. The molecule has 5 heterocycles. The lowest BCUT2D eigenvalue weighted by Gasteiger charge is -2.38. The molecule has 2 aromatic heterocycles. The molecule has 2 aromatic carbocycles. The zero-order valence-corrected chi connectivity index (χ0v) is 23.2. The van der Waals surface area contributed by atoms with Gasteiger partial charge in [0.2, 0.25) is 0 Å². The van der Waals surface area contributed by atoms with Crippen molar-refractivity contribution in [2.24, 2.45) is 0 Å². The zero-order chi connectivity index (χ0) is 28.2. The number of ether oxygens (including phenoxy) is 1. The number of piperidine rings is 1. The van der Waals surface area contributed by atoms with E-state index < -0.39 is 11.4 Å². The van der Waals surface area contributed by atoms with E-state index in [1.54, 1.807) is 18.3 Å². The summed E-state index contributed by atoms with van der Waals surface area (Å²) in [5.74, 6) is -0.0627. The van der Waals surface area contributed by atoms with Crippen molar-refractivity contribution < 1.29 is 14.2 Å². The first-order chi connectivity index (χ1) is 19.9. The molecule has 3 aliphatic heterocycles. The smallest absolute Gasteiger partial charge is 0.319 e. The number of aromatic nitrogens is 3. The van der Waals surface area contributed by atoms with Crippen molar-refractivity contribution in [1.82, 2.24) is 19.9 Å². The first kappa shape index (κ1) is 26.1. The molecule has 3 fully saturated rings. The van der Waals surface area contributed by atoms with Gasteiger partial charge in [-0.05, 0) is 70.0 Å². The van der Waals surface area contributed by atoms with Crippen molar-refractivity contribution in [2.75, 3.05) is 37.7 Å². The van der Waals surface area contributed by atoms with Crippen molar-refractivity contribution in [3.63, 3.8) is 0 Å². The number of hydrogen-bond donors (Lipinski definition) is 1. The summed E-state index contributed by atoms with van der Waals surface area (Å²) in [6.45, 7) is 5.49. The van der Waals surface area contributed by atoms with E-state index in [0.717, 1.165) is 50.6 Å². The molecule has 0 aliphatic carbocycles. The summed E-state index contributed by atoms with van der Waals surface area (Å²) >= 11 is 0. The maximum absolute atomic E-state index is 16.6. The Morgan fingerprint density at radius 3 is 2.56 bits per heavy atom. The zero-order valence-electron chi connectivity index (χ0n) is 23.2. The molecule has 0 amide bonds. The van der Waals surface area contributed by atoms with Crippen LogP contribution in [0.2, 0.25) is 0 Å². The number of anilines is 1. The molecule has 3 aliphatic rings. The molecule has 210 valence electrons. The van der Waals surface area contributed by atoms with Crippen LogP contribution in [0.15, 0.2) is 42.6 Å². The Kier molecular flexibility index (Phi) is 6.29. The molecule has 1 atom stereocenters. The van der Waals surface area contributed by atoms with Crippen molar-refractivity contribution in [3.8, 4) is 23.3 Å². The Morgan fingerprint density at radius 2 is 1.80 bits per heavy atom. The Hall–Kier alpha value is -3.87. The Morgan fingerprint density at radius 1 is 1.05 bits per heavy atom. The van der Waals surface area contributed by atoms with E-state index in [0.29, 0.717) is 53.8 Å². The number of pyridine rings is 1.